The molecule has 2 aliphatic heterocycles. The quantitative estimate of drug-likeness (QED) is 0.683. The molecule has 9 heteroatoms. The first-order valence-electron chi connectivity index (χ1n) is 8.36. The third kappa shape index (κ3) is 2.39. The molecular weight excluding hydrogens is 320 g/mol. The van der Waals surface area contributed by atoms with Gasteiger partial charge in [0, 0.05) is 32.5 Å². The van der Waals surface area contributed by atoms with E-state index in [1.165, 1.54) is 0 Å². The Bertz CT molecular complexity index is 886. The van der Waals surface area contributed by atoms with Crippen molar-refractivity contribution in [2.24, 2.45) is 7.05 Å². The Balaban J connectivity index is 1.35. The molecule has 0 spiro atoms. The minimum atomic E-state index is 0.0963. The molecule has 2 aliphatic rings. The lowest BCUT2D eigenvalue weighted by Crippen LogP contribution is -2.48. The van der Waals surface area contributed by atoms with Crippen LogP contribution in [-0.2, 0) is 18.4 Å². The van der Waals surface area contributed by atoms with Crippen LogP contribution in [-0.4, -0.2) is 53.9 Å². The first-order chi connectivity index (χ1) is 12.3. The maximum atomic E-state index is 6.01. The fourth-order valence-electron chi connectivity index (χ4n) is 3.62. The molecule has 128 valence electrons. The van der Waals surface area contributed by atoms with Crippen molar-refractivity contribution < 1.29 is 4.74 Å². The Morgan fingerprint density at radius 3 is 3.00 bits per heavy atom. The molecule has 9 nitrogen and oxygen atoms in total. The molecule has 1 saturated heterocycles. The van der Waals surface area contributed by atoms with Gasteiger partial charge in [0.15, 0.2) is 11.6 Å². The Labute approximate surface area is 144 Å². The van der Waals surface area contributed by atoms with Gasteiger partial charge < -0.3 is 14.2 Å². The highest BCUT2D eigenvalue weighted by Crippen LogP contribution is 2.32. The zero-order valence-corrected chi connectivity index (χ0v) is 13.9. The second-order valence-corrected chi connectivity index (χ2v) is 6.46. The number of hydrogen-bond donors (Lipinski definition) is 0. The molecule has 3 aromatic rings. The first-order valence-corrected chi connectivity index (χ1v) is 8.36. The summed E-state index contributed by atoms with van der Waals surface area (Å²) in [5.74, 6) is 1.68. The third-order valence-corrected chi connectivity index (χ3v) is 4.96. The number of piperidine rings is 1. The molecule has 0 radical (unpaired) electrons. The molecule has 1 fully saturated rings. The van der Waals surface area contributed by atoms with Gasteiger partial charge in [-0.05, 0) is 18.6 Å². The SMILES string of the molecule is Cn1ccnc1-c1ccc(N2CC[C@H]3[C@H](C2)OCc2cnnn23)nn1. The number of anilines is 1. The van der Waals surface area contributed by atoms with E-state index in [1.54, 1.807) is 12.4 Å². The lowest BCUT2D eigenvalue weighted by molar-refractivity contribution is -0.0335. The fourth-order valence-corrected chi connectivity index (χ4v) is 3.62. The molecule has 5 heterocycles. The Kier molecular flexibility index (Phi) is 3.27. The van der Waals surface area contributed by atoms with Crippen LogP contribution in [0.25, 0.3) is 11.5 Å². The number of nitrogens with zero attached hydrogens (tertiary/aromatic N) is 8. The van der Waals surface area contributed by atoms with Crippen molar-refractivity contribution in [2.45, 2.75) is 25.2 Å². The zero-order valence-electron chi connectivity index (χ0n) is 13.9. The highest BCUT2D eigenvalue weighted by atomic mass is 16.5. The van der Waals surface area contributed by atoms with E-state index >= 15 is 0 Å². The van der Waals surface area contributed by atoms with Crippen LogP contribution >= 0.6 is 0 Å². The van der Waals surface area contributed by atoms with E-state index in [2.05, 4.69) is 30.4 Å². The van der Waals surface area contributed by atoms with Crippen molar-refractivity contribution in [3.05, 3.63) is 36.4 Å². The molecule has 0 N–H and O–H groups in total. The predicted octanol–water partition coefficient (Wildman–Crippen LogP) is 0.819. The highest BCUT2D eigenvalue weighted by molar-refractivity contribution is 5.52. The summed E-state index contributed by atoms with van der Waals surface area (Å²) in [6.45, 7) is 2.23. The Morgan fingerprint density at radius 1 is 1.24 bits per heavy atom. The van der Waals surface area contributed by atoms with Gasteiger partial charge in [-0.1, -0.05) is 5.21 Å². The van der Waals surface area contributed by atoms with E-state index in [0.717, 1.165) is 42.5 Å². The van der Waals surface area contributed by atoms with Gasteiger partial charge in [0.25, 0.3) is 0 Å². The van der Waals surface area contributed by atoms with Crippen LogP contribution in [0.2, 0.25) is 0 Å². The van der Waals surface area contributed by atoms with E-state index in [1.807, 2.05) is 34.6 Å². The van der Waals surface area contributed by atoms with E-state index < -0.39 is 0 Å². The summed E-state index contributed by atoms with van der Waals surface area (Å²) >= 11 is 0. The smallest absolute Gasteiger partial charge is 0.160 e. The maximum absolute atomic E-state index is 6.01. The van der Waals surface area contributed by atoms with Crippen LogP contribution in [0.5, 0.6) is 0 Å². The average molecular weight is 338 g/mol. The van der Waals surface area contributed by atoms with Crippen molar-refractivity contribution in [1.82, 2.24) is 34.7 Å². The van der Waals surface area contributed by atoms with Crippen LogP contribution < -0.4 is 4.90 Å². The number of ether oxygens (including phenoxy) is 1. The van der Waals surface area contributed by atoms with Gasteiger partial charge in [0.05, 0.1) is 30.6 Å². The number of hydrogen-bond acceptors (Lipinski definition) is 7. The molecular formula is C16H18N8O. The fraction of sp³-hybridized carbons (Fsp3) is 0.438. The summed E-state index contributed by atoms with van der Waals surface area (Å²) in [7, 11) is 1.95. The van der Waals surface area contributed by atoms with Gasteiger partial charge >= 0.3 is 0 Å². The second kappa shape index (κ2) is 5.62. The molecule has 5 rings (SSSR count). The predicted molar refractivity (Wildman–Crippen MR) is 88.7 cm³/mol. The molecule has 0 saturated carbocycles. The highest BCUT2D eigenvalue weighted by Gasteiger charge is 2.36. The standard InChI is InChI=1S/C16H18N8O/c1-22-7-5-17-16(22)12-2-3-15(20-19-12)23-6-4-13-14(9-23)25-10-11-8-18-21-24(11)13/h2-3,5,7-8,13-14H,4,6,9-10H2,1H3/t13-,14-/m0/s1. The largest absolute Gasteiger partial charge is 0.368 e. The molecule has 0 bridgehead atoms. The molecule has 2 atom stereocenters. The molecule has 0 unspecified atom stereocenters. The number of fused-ring (bicyclic) bond motifs is 3. The minimum absolute atomic E-state index is 0.0963. The van der Waals surface area contributed by atoms with E-state index in [4.69, 9.17) is 4.74 Å². The van der Waals surface area contributed by atoms with E-state index in [9.17, 15) is 0 Å². The summed E-state index contributed by atoms with van der Waals surface area (Å²) in [5.41, 5.74) is 1.82. The van der Waals surface area contributed by atoms with Crippen molar-refractivity contribution in [3.63, 3.8) is 0 Å². The van der Waals surface area contributed by atoms with Crippen LogP contribution in [0.1, 0.15) is 18.2 Å². The van der Waals surface area contributed by atoms with Crippen LogP contribution in [0.3, 0.4) is 0 Å². The lowest BCUT2D eigenvalue weighted by Gasteiger charge is -2.41. The summed E-state index contributed by atoms with van der Waals surface area (Å²) in [6, 6.07) is 4.22. The number of aryl methyl sites for hydroxylation is 1. The summed E-state index contributed by atoms with van der Waals surface area (Å²) in [4.78, 5) is 6.53. The second-order valence-electron chi connectivity index (χ2n) is 6.46. The zero-order chi connectivity index (χ0) is 16.8. The van der Waals surface area contributed by atoms with Crippen molar-refractivity contribution >= 4 is 5.82 Å². The van der Waals surface area contributed by atoms with E-state index in [0.29, 0.717) is 6.61 Å². The maximum Gasteiger partial charge on any atom is 0.160 e. The molecule has 0 aromatic carbocycles. The number of imidazole rings is 1. The van der Waals surface area contributed by atoms with Gasteiger partial charge in [-0.25, -0.2) is 9.67 Å². The Morgan fingerprint density at radius 2 is 2.20 bits per heavy atom. The molecule has 3 aromatic heterocycles. The van der Waals surface area contributed by atoms with Gasteiger partial charge in [-0.15, -0.1) is 15.3 Å². The van der Waals surface area contributed by atoms with Gasteiger partial charge in [0.1, 0.15) is 5.69 Å². The van der Waals surface area contributed by atoms with Crippen molar-refractivity contribution in [2.75, 3.05) is 18.0 Å². The number of aromatic nitrogens is 7. The van der Waals surface area contributed by atoms with Crippen molar-refractivity contribution in [3.8, 4) is 11.5 Å². The summed E-state index contributed by atoms with van der Waals surface area (Å²) < 4.78 is 9.96. The van der Waals surface area contributed by atoms with Gasteiger partial charge in [0.2, 0.25) is 0 Å². The van der Waals surface area contributed by atoms with Gasteiger partial charge in [-0.3, -0.25) is 0 Å². The van der Waals surface area contributed by atoms with Crippen LogP contribution in [0, 0.1) is 0 Å². The summed E-state index contributed by atoms with van der Waals surface area (Å²) in [5, 5.41) is 17.0. The lowest BCUT2D eigenvalue weighted by atomic mass is 10.0. The van der Waals surface area contributed by atoms with Gasteiger partial charge in [-0.2, -0.15) is 0 Å². The van der Waals surface area contributed by atoms with Crippen molar-refractivity contribution in [1.29, 1.82) is 0 Å². The molecule has 0 aliphatic carbocycles. The Hall–Kier alpha value is -2.81. The molecule has 0 amide bonds. The summed E-state index contributed by atoms with van der Waals surface area (Å²) in [6.07, 6.45) is 6.48. The first kappa shape index (κ1) is 14.5. The monoisotopic (exact) mass is 338 g/mol. The number of rotatable bonds is 2. The van der Waals surface area contributed by atoms with Crippen LogP contribution in [0.15, 0.2) is 30.7 Å². The van der Waals surface area contributed by atoms with Crippen LogP contribution in [0.4, 0.5) is 5.82 Å². The topological polar surface area (TPSA) is 86.8 Å². The minimum Gasteiger partial charge on any atom is -0.368 e. The third-order valence-electron chi connectivity index (χ3n) is 4.96. The normalized spacial score (nSPS) is 22.5. The van der Waals surface area contributed by atoms with E-state index in [-0.39, 0.29) is 12.1 Å². The average Bonchev–Trinajstić information content (AvgIpc) is 3.30. The molecule has 25 heavy (non-hydrogen) atoms.